The van der Waals surface area contributed by atoms with E-state index in [1.165, 1.54) is 101 Å². The maximum absolute atomic E-state index is 5.93. The second kappa shape index (κ2) is 17.3. The Bertz CT molecular complexity index is 945. The van der Waals surface area contributed by atoms with E-state index in [-0.39, 0.29) is 0 Å². The highest BCUT2D eigenvalue weighted by atomic mass is 32.1. The van der Waals surface area contributed by atoms with E-state index < -0.39 is 0 Å². The molecule has 0 fully saturated rings. The number of aryl methyl sites for hydroxylation is 1. The van der Waals surface area contributed by atoms with Crippen LogP contribution in [0.4, 0.5) is 0 Å². The molecule has 2 aromatic carbocycles. The lowest BCUT2D eigenvalue weighted by molar-refractivity contribution is 0.304. The molecule has 3 heteroatoms. The van der Waals surface area contributed by atoms with E-state index >= 15 is 0 Å². The van der Waals surface area contributed by atoms with Gasteiger partial charge in [-0.05, 0) is 49.1 Å². The third-order valence-electron chi connectivity index (χ3n) is 6.94. The fourth-order valence-corrected chi connectivity index (χ4v) is 5.45. The normalized spacial score (nSPS) is 11.2. The predicted octanol–water partition coefficient (Wildman–Crippen LogP) is 10.9. The van der Waals surface area contributed by atoms with Crippen molar-refractivity contribution in [2.45, 2.75) is 110 Å². The number of nitrogens with zero attached hydrogens (tertiary/aromatic N) is 1. The summed E-state index contributed by atoms with van der Waals surface area (Å²) in [4.78, 5) is 4.92. The first kappa shape index (κ1) is 28.4. The van der Waals surface area contributed by atoms with E-state index in [0.717, 1.165) is 35.0 Å². The quantitative estimate of drug-likeness (QED) is 0.151. The van der Waals surface area contributed by atoms with Gasteiger partial charge in [-0.25, -0.2) is 4.98 Å². The Morgan fingerprint density at radius 3 is 1.81 bits per heavy atom. The Labute approximate surface area is 224 Å². The number of hydrogen-bond acceptors (Lipinski definition) is 3. The average molecular weight is 506 g/mol. The molecule has 0 saturated carbocycles. The zero-order valence-corrected chi connectivity index (χ0v) is 23.6. The molecule has 36 heavy (non-hydrogen) atoms. The smallest absolute Gasteiger partial charge is 0.124 e. The van der Waals surface area contributed by atoms with Crippen LogP contribution < -0.4 is 4.74 Å². The van der Waals surface area contributed by atoms with Crippen LogP contribution in [-0.2, 0) is 6.42 Å². The van der Waals surface area contributed by atoms with Gasteiger partial charge in [0.1, 0.15) is 10.8 Å². The van der Waals surface area contributed by atoms with Crippen molar-refractivity contribution >= 4 is 11.3 Å². The van der Waals surface area contributed by atoms with Crippen molar-refractivity contribution in [3.63, 3.8) is 0 Å². The van der Waals surface area contributed by atoms with Crippen molar-refractivity contribution in [2.24, 2.45) is 0 Å². The summed E-state index contributed by atoms with van der Waals surface area (Å²) < 4.78 is 5.93. The van der Waals surface area contributed by atoms with E-state index in [9.17, 15) is 0 Å². The molecule has 2 nitrogen and oxygen atoms in total. The Hall–Kier alpha value is -2.13. The maximum atomic E-state index is 5.93. The van der Waals surface area contributed by atoms with Crippen LogP contribution in [0.3, 0.4) is 0 Å². The molecule has 0 aliphatic carbocycles. The van der Waals surface area contributed by atoms with Gasteiger partial charge in [0.15, 0.2) is 0 Å². The number of thiazole rings is 1. The van der Waals surface area contributed by atoms with Crippen LogP contribution in [0.5, 0.6) is 5.75 Å². The van der Waals surface area contributed by atoms with Gasteiger partial charge in [0.05, 0.1) is 12.3 Å². The minimum atomic E-state index is 0.807. The molecule has 196 valence electrons. The van der Waals surface area contributed by atoms with Gasteiger partial charge in [-0.1, -0.05) is 115 Å². The van der Waals surface area contributed by atoms with Crippen LogP contribution in [0, 0.1) is 0 Å². The van der Waals surface area contributed by atoms with Crippen LogP contribution in [0.25, 0.3) is 21.8 Å². The van der Waals surface area contributed by atoms with Gasteiger partial charge in [0, 0.05) is 16.5 Å². The predicted molar refractivity (Wildman–Crippen MR) is 158 cm³/mol. The fourth-order valence-electron chi connectivity index (χ4n) is 4.61. The topological polar surface area (TPSA) is 22.1 Å². The number of aromatic nitrogens is 1. The van der Waals surface area contributed by atoms with Crippen LogP contribution >= 0.6 is 11.3 Å². The molecule has 0 atom stereocenters. The monoisotopic (exact) mass is 505 g/mol. The number of unbranched alkanes of at least 4 members (excludes halogenated alkanes) is 12. The van der Waals surface area contributed by atoms with E-state index in [0.29, 0.717) is 0 Å². The third-order valence-corrected chi connectivity index (χ3v) is 7.83. The van der Waals surface area contributed by atoms with Crippen molar-refractivity contribution in [3.05, 3.63) is 59.5 Å². The number of hydrogen-bond donors (Lipinski definition) is 0. The van der Waals surface area contributed by atoms with Gasteiger partial charge in [-0.3, -0.25) is 0 Å². The van der Waals surface area contributed by atoms with Crippen molar-refractivity contribution in [1.29, 1.82) is 0 Å². The van der Waals surface area contributed by atoms with Gasteiger partial charge >= 0.3 is 0 Å². The standard InChI is InChI=1S/C33H47NOS/c1-3-5-7-9-11-12-13-15-17-28-18-20-30(21-19-28)33-34-32(27-36-33)29-22-24-31(25-23-29)35-26-16-14-10-8-6-4-2/h18-25,27H,3-17,26H2,1-2H3. The molecule has 0 radical (unpaired) electrons. The fraction of sp³-hybridized carbons (Fsp3) is 0.545. The summed E-state index contributed by atoms with van der Waals surface area (Å²) in [5.74, 6) is 0.954. The van der Waals surface area contributed by atoms with Gasteiger partial charge < -0.3 is 4.74 Å². The lowest BCUT2D eigenvalue weighted by atomic mass is 10.0. The van der Waals surface area contributed by atoms with Gasteiger partial charge in [0.25, 0.3) is 0 Å². The first-order chi connectivity index (χ1) is 17.8. The van der Waals surface area contributed by atoms with Crippen molar-refractivity contribution in [1.82, 2.24) is 4.98 Å². The molecule has 0 unspecified atom stereocenters. The lowest BCUT2D eigenvalue weighted by Crippen LogP contribution is -1.97. The minimum Gasteiger partial charge on any atom is -0.494 e. The summed E-state index contributed by atoms with van der Waals surface area (Å²) in [6, 6.07) is 17.5. The highest BCUT2D eigenvalue weighted by molar-refractivity contribution is 7.13. The summed E-state index contributed by atoms with van der Waals surface area (Å²) in [6.45, 7) is 5.35. The molecule has 0 saturated heterocycles. The summed E-state index contributed by atoms with van der Waals surface area (Å²) >= 11 is 1.72. The van der Waals surface area contributed by atoms with Crippen LogP contribution in [0.1, 0.15) is 109 Å². The second-order valence-corrected chi connectivity index (χ2v) is 11.0. The molecular weight excluding hydrogens is 458 g/mol. The summed E-state index contributed by atoms with van der Waals surface area (Å²) in [5, 5.41) is 3.25. The first-order valence-corrected chi connectivity index (χ1v) is 15.5. The van der Waals surface area contributed by atoms with E-state index in [1.807, 2.05) is 0 Å². The third kappa shape index (κ3) is 10.5. The highest BCUT2D eigenvalue weighted by Gasteiger charge is 2.07. The number of ether oxygens (including phenoxy) is 1. The molecule has 0 spiro atoms. The minimum absolute atomic E-state index is 0.807. The summed E-state index contributed by atoms with van der Waals surface area (Å²) in [5.41, 5.74) is 4.85. The van der Waals surface area contributed by atoms with Crippen molar-refractivity contribution in [2.75, 3.05) is 6.61 Å². The largest absolute Gasteiger partial charge is 0.494 e. The molecule has 1 aromatic heterocycles. The molecule has 0 aliphatic rings. The maximum Gasteiger partial charge on any atom is 0.124 e. The highest BCUT2D eigenvalue weighted by Crippen LogP contribution is 2.30. The van der Waals surface area contributed by atoms with Crippen molar-refractivity contribution < 1.29 is 4.74 Å². The van der Waals surface area contributed by atoms with Crippen molar-refractivity contribution in [3.8, 4) is 27.6 Å². The lowest BCUT2D eigenvalue weighted by Gasteiger charge is -2.07. The second-order valence-electron chi connectivity index (χ2n) is 10.1. The van der Waals surface area contributed by atoms with E-state index in [4.69, 9.17) is 9.72 Å². The first-order valence-electron chi connectivity index (χ1n) is 14.6. The van der Waals surface area contributed by atoms with Gasteiger partial charge in [-0.2, -0.15) is 0 Å². The van der Waals surface area contributed by atoms with Crippen LogP contribution in [0.15, 0.2) is 53.9 Å². The molecule has 1 heterocycles. The number of rotatable bonds is 19. The van der Waals surface area contributed by atoms with Crippen LogP contribution in [0.2, 0.25) is 0 Å². The summed E-state index contributed by atoms with van der Waals surface area (Å²) in [6.07, 6.45) is 19.9. The number of benzene rings is 2. The molecule has 0 amide bonds. The molecule has 0 bridgehead atoms. The van der Waals surface area contributed by atoms with Gasteiger partial charge in [0.2, 0.25) is 0 Å². The SMILES string of the molecule is CCCCCCCCCCc1ccc(-c2nc(-c3ccc(OCCCCCCCC)cc3)cs2)cc1. The molecule has 3 aromatic rings. The molecule has 0 N–H and O–H groups in total. The Morgan fingerprint density at radius 1 is 0.611 bits per heavy atom. The van der Waals surface area contributed by atoms with Crippen LogP contribution in [-0.4, -0.2) is 11.6 Å². The zero-order valence-electron chi connectivity index (χ0n) is 22.8. The Balaban J connectivity index is 1.39. The Morgan fingerprint density at radius 2 is 1.17 bits per heavy atom. The van der Waals surface area contributed by atoms with E-state index in [2.05, 4.69) is 67.8 Å². The van der Waals surface area contributed by atoms with Gasteiger partial charge in [-0.15, -0.1) is 11.3 Å². The summed E-state index contributed by atoms with van der Waals surface area (Å²) in [7, 11) is 0. The molecule has 0 aliphatic heterocycles. The molecular formula is C33H47NOS. The average Bonchev–Trinajstić information content (AvgIpc) is 3.41. The Kier molecular flexibility index (Phi) is 13.7. The molecule has 3 rings (SSSR count). The van der Waals surface area contributed by atoms with E-state index in [1.54, 1.807) is 11.3 Å². The zero-order chi connectivity index (χ0) is 25.3.